The maximum absolute atomic E-state index is 4.45. The average Bonchev–Trinajstić information content (AvgIpc) is 2.37. The molecule has 0 fully saturated rings. The van der Waals surface area contributed by atoms with Gasteiger partial charge in [-0.1, -0.05) is 35.8 Å². The molecule has 1 N–H and O–H groups in total. The molecule has 0 bridgehead atoms. The first-order valence-corrected chi connectivity index (χ1v) is 8.15. The summed E-state index contributed by atoms with van der Waals surface area (Å²) in [4.78, 5) is 9.95. The van der Waals surface area contributed by atoms with Crippen molar-refractivity contribution in [1.29, 1.82) is 0 Å². The number of benzene rings is 1. The molecule has 0 aliphatic carbocycles. The third-order valence-corrected chi connectivity index (χ3v) is 4.18. The highest BCUT2D eigenvalue weighted by Crippen LogP contribution is 2.30. The van der Waals surface area contributed by atoms with Gasteiger partial charge in [-0.15, -0.1) is 0 Å². The van der Waals surface area contributed by atoms with Gasteiger partial charge in [-0.25, -0.2) is 9.97 Å². The largest absolute Gasteiger partial charge is 0.310 e. The maximum atomic E-state index is 4.45. The van der Waals surface area contributed by atoms with Gasteiger partial charge in [0.15, 0.2) is 5.16 Å². The Kier molecular flexibility index (Phi) is 5.57. The molecular weight excluding hydrogens is 334 g/mol. The molecule has 0 aliphatic heterocycles. The second-order valence-electron chi connectivity index (χ2n) is 4.87. The second-order valence-corrected chi connectivity index (χ2v) is 6.80. The van der Waals surface area contributed by atoms with Gasteiger partial charge < -0.3 is 5.32 Å². The molecule has 2 rings (SSSR count). The third kappa shape index (κ3) is 4.58. The lowest BCUT2D eigenvalue weighted by Gasteiger charge is -2.12. The average molecular weight is 352 g/mol. The van der Waals surface area contributed by atoms with Crippen LogP contribution in [0.5, 0.6) is 0 Å². The van der Waals surface area contributed by atoms with Gasteiger partial charge in [-0.2, -0.15) is 0 Å². The maximum Gasteiger partial charge on any atom is 0.192 e. The van der Waals surface area contributed by atoms with E-state index in [2.05, 4.69) is 63.3 Å². The van der Waals surface area contributed by atoms with Crippen LogP contribution in [-0.4, -0.2) is 16.0 Å². The van der Waals surface area contributed by atoms with Gasteiger partial charge in [0.05, 0.1) is 0 Å². The van der Waals surface area contributed by atoms with Crippen LogP contribution in [0.1, 0.15) is 25.1 Å². The molecule has 0 atom stereocenters. The summed E-state index contributed by atoms with van der Waals surface area (Å²) in [5, 5.41) is 4.24. The number of rotatable bonds is 5. The molecule has 2 aromatic rings. The molecule has 1 heterocycles. The standard InChI is InChI=1S/C15H18BrN3S/c1-10(2)18-9-12-4-5-13(16)8-14(12)20-15-17-7-6-11(3)19-15/h4-8,10,18H,9H2,1-3H3. The van der Waals surface area contributed by atoms with E-state index in [1.807, 2.05) is 13.0 Å². The molecule has 0 radical (unpaired) electrons. The molecule has 1 aromatic heterocycles. The topological polar surface area (TPSA) is 37.8 Å². The van der Waals surface area contributed by atoms with E-state index in [9.17, 15) is 0 Å². The second kappa shape index (κ2) is 7.20. The van der Waals surface area contributed by atoms with Gasteiger partial charge >= 0.3 is 0 Å². The predicted molar refractivity (Wildman–Crippen MR) is 87.0 cm³/mol. The van der Waals surface area contributed by atoms with Gasteiger partial charge in [0.2, 0.25) is 0 Å². The number of hydrogen-bond acceptors (Lipinski definition) is 4. The SMILES string of the molecule is Cc1ccnc(Sc2cc(Br)ccc2CNC(C)C)n1. The molecule has 106 valence electrons. The molecule has 0 saturated heterocycles. The lowest BCUT2D eigenvalue weighted by Crippen LogP contribution is -2.22. The molecule has 5 heteroatoms. The zero-order valence-electron chi connectivity index (χ0n) is 11.9. The fraction of sp³-hybridized carbons (Fsp3) is 0.333. The zero-order valence-corrected chi connectivity index (χ0v) is 14.3. The summed E-state index contributed by atoms with van der Waals surface area (Å²) in [7, 11) is 0. The normalized spacial score (nSPS) is 11.1. The number of aryl methyl sites for hydroxylation is 1. The van der Waals surface area contributed by atoms with E-state index in [-0.39, 0.29) is 0 Å². The first-order chi connectivity index (χ1) is 9.54. The fourth-order valence-electron chi connectivity index (χ4n) is 1.66. The number of hydrogen-bond donors (Lipinski definition) is 1. The third-order valence-electron chi connectivity index (χ3n) is 2.70. The van der Waals surface area contributed by atoms with Crippen molar-refractivity contribution in [2.24, 2.45) is 0 Å². The first-order valence-electron chi connectivity index (χ1n) is 6.54. The molecule has 0 amide bonds. The van der Waals surface area contributed by atoms with Gasteiger partial charge in [-0.05, 0) is 42.4 Å². The molecule has 0 unspecified atom stereocenters. The van der Waals surface area contributed by atoms with Crippen LogP contribution in [0.4, 0.5) is 0 Å². The molecule has 1 aromatic carbocycles. The quantitative estimate of drug-likeness (QED) is 0.819. The van der Waals surface area contributed by atoms with Crippen molar-refractivity contribution in [3.63, 3.8) is 0 Å². The van der Waals surface area contributed by atoms with Crippen molar-refractivity contribution in [1.82, 2.24) is 15.3 Å². The van der Waals surface area contributed by atoms with E-state index in [0.29, 0.717) is 6.04 Å². The van der Waals surface area contributed by atoms with Crippen molar-refractivity contribution in [2.75, 3.05) is 0 Å². The monoisotopic (exact) mass is 351 g/mol. The molecule has 20 heavy (non-hydrogen) atoms. The highest BCUT2D eigenvalue weighted by atomic mass is 79.9. The Morgan fingerprint density at radius 1 is 1.30 bits per heavy atom. The Balaban J connectivity index is 2.22. The minimum absolute atomic E-state index is 0.465. The van der Waals surface area contributed by atoms with E-state index in [1.165, 1.54) is 10.5 Å². The van der Waals surface area contributed by atoms with Gasteiger partial charge in [-0.3, -0.25) is 0 Å². The van der Waals surface area contributed by atoms with Crippen molar-refractivity contribution in [2.45, 2.75) is 43.4 Å². The molecule has 0 spiro atoms. The van der Waals surface area contributed by atoms with Crippen molar-refractivity contribution >= 4 is 27.7 Å². The summed E-state index contributed by atoms with van der Waals surface area (Å²) < 4.78 is 1.07. The molecular formula is C15H18BrN3S. The van der Waals surface area contributed by atoms with Gasteiger partial charge in [0.1, 0.15) is 0 Å². The number of aromatic nitrogens is 2. The van der Waals surface area contributed by atoms with Crippen molar-refractivity contribution < 1.29 is 0 Å². The van der Waals surface area contributed by atoms with Crippen LogP contribution >= 0.6 is 27.7 Å². The highest BCUT2D eigenvalue weighted by molar-refractivity contribution is 9.10. The van der Waals surface area contributed by atoms with Crippen LogP contribution in [0.15, 0.2) is 45.0 Å². The summed E-state index contributed by atoms with van der Waals surface area (Å²) in [6.45, 7) is 7.12. The van der Waals surface area contributed by atoms with Crippen LogP contribution in [0.3, 0.4) is 0 Å². The van der Waals surface area contributed by atoms with Crippen LogP contribution in [0.2, 0.25) is 0 Å². The number of nitrogens with zero attached hydrogens (tertiary/aromatic N) is 2. The van der Waals surface area contributed by atoms with Crippen molar-refractivity contribution in [3.05, 3.63) is 46.2 Å². The Morgan fingerprint density at radius 3 is 2.80 bits per heavy atom. The smallest absolute Gasteiger partial charge is 0.192 e. The minimum atomic E-state index is 0.465. The van der Waals surface area contributed by atoms with Crippen molar-refractivity contribution in [3.8, 4) is 0 Å². The summed E-state index contributed by atoms with van der Waals surface area (Å²) in [6.07, 6.45) is 1.80. The number of nitrogens with one attached hydrogen (secondary N) is 1. The van der Waals surface area contributed by atoms with Crippen LogP contribution < -0.4 is 5.32 Å². The van der Waals surface area contributed by atoms with E-state index >= 15 is 0 Å². The molecule has 3 nitrogen and oxygen atoms in total. The lowest BCUT2D eigenvalue weighted by atomic mass is 10.2. The number of halogens is 1. The van der Waals surface area contributed by atoms with Crippen LogP contribution in [0, 0.1) is 6.92 Å². The van der Waals surface area contributed by atoms with Gasteiger partial charge in [0.25, 0.3) is 0 Å². The Morgan fingerprint density at radius 2 is 2.10 bits per heavy atom. The van der Waals surface area contributed by atoms with E-state index < -0.39 is 0 Å². The summed E-state index contributed by atoms with van der Waals surface area (Å²) in [6, 6.07) is 8.70. The molecule has 0 saturated carbocycles. The first kappa shape index (κ1) is 15.5. The fourth-order valence-corrected chi connectivity index (χ4v) is 3.13. The van der Waals surface area contributed by atoms with E-state index in [0.717, 1.165) is 21.9 Å². The highest BCUT2D eigenvalue weighted by Gasteiger charge is 2.08. The van der Waals surface area contributed by atoms with Crippen LogP contribution in [0.25, 0.3) is 0 Å². The summed E-state index contributed by atoms with van der Waals surface area (Å²) in [5.41, 5.74) is 2.25. The van der Waals surface area contributed by atoms with E-state index in [4.69, 9.17) is 0 Å². The predicted octanol–water partition coefficient (Wildman–Crippen LogP) is 4.20. The summed E-state index contributed by atoms with van der Waals surface area (Å²) in [5.74, 6) is 0. The Labute approximate surface area is 132 Å². The van der Waals surface area contributed by atoms with Gasteiger partial charge in [0, 0.05) is 33.8 Å². The van der Waals surface area contributed by atoms with Crippen LogP contribution in [-0.2, 0) is 6.54 Å². The minimum Gasteiger partial charge on any atom is -0.310 e. The zero-order chi connectivity index (χ0) is 14.5. The molecule has 0 aliphatic rings. The Bertz CT molecular complexity index is 587. The lowest BCUT2D eigenvalue weighted by molar-refractivity contribution is 0.584. The van der Waals surface area contributed by atoms with E-state index in [1.54, 1.807) is 18.0 Å². The summed E-state index contributed by atoms with van der Waals surface area (Å²) >= 11 is 5.13. The Hall–Kier alpha value is -0.910.